The predicted octanol–water partition coefficient (Wildman–Crippen LogP) is 4.62. The molecule has 0 fully saturated rings. The quantitative estimate of drug-likeness (QED) is 0.494. The van der Waals surface area contributed by atoms with Gasteiger partial charge in [-0.25, -0.2) is 9.31 Å². The molecule has 1 N–H and O–H groups in total. The Hall–Kier alpha value is -4.06. The second kappa shape index (κ2) is 6.53. The maximum absolute atomic E-state index is 11.4. The molecule has 6 nitrogen and oxygen atoms in total. The van der Waals surface area contributed by atoms with Crippen LogP contribution in [0.2, 0.25) is 0 Å². The fourth-order valence-electron chi connectivity index (χ4n) is 3.62. The number of aryl methyl sites for hydroxylation is 1. The lowest BCUT2D eigenvalue weighted by molar-refractivity contribution is 0.0697. The molecule has 0 amide bonds. The molecule has 0 unspecified atom stereocenters. The van der Waals surface area contributed by atoms with Crippen molar-refractivity contribution in [2.45, 2.75) is 6.92 Å². The molecule has 0 spiro atoms. The van der Waals surface area contributed by atoms with Gasteiger partial charge in [0.25, 0.3) is 0 Å². The number of carboxylic acid groups (broad SMARTS) is 1. The van der Waals surface area contributed by atoms with Gasteiger partial charge in [-0.3, -0.25) is 9.97 Å². The second-order valence-corrected chi connectivity index (χ2v) is 6.81. The van der Waals surface area contributed by atoms with Crippen molar-refractivity contribution in [1.29, 1.82) is 0 Å². The van der Waals surface area contributed by atoms with Crippen molar-refractivity contribution in [3.8, 4) is 22.5 Å². The largest absolute Gasteiger partial charge is 0.478 e. The molecule has 140 valence electrons. The zero-order chi connectivity index (χ0) is 20.0. The molecular formula is C23H16N4O2. The van der Waals surface area contributed by atoms with Crippen LogP contribution in [0.25, 0.3) is 38.9 Å². The van der Waals surface area contributed by atoms with Gasteiger partial charge in [0.2, 0.25) is 0 Å². The van der Waals surface area contributed by atoms with E-state index in [-0.39, 0.29) is 5.56 Å². The smallest absolute Gasteiger partial charge is 0.335 e. The molecule has 0 bridgehead atoms. The number of carbonyl (C=O) groups is 1. The topological polar surface area (TPSA) is 80.4 Å². The summed E-state index contributed by atoms with van der Waals surface area (Å²) in [5, 5.41) is 15.0. The molecule has 4 heterocycles. The molecule has 5 rings (SSSR count). The normalized spacial score (nSPS) is 11.2. The highest BCUT2D eigenvalue weighted by atomic mass is 16.4. The summed E-state index contributed by atoms with van der Waals surface area (Å²) in [7, 11) is 0. The van der Waals surface area contributed by atoms with Crippen LogP contribution in [0.5, 0.6) is 0 Å². The molecule has 0 saturated carbocycles. The highest BCUT2D eigenvalue weighted by Crippen LogP contribution is 2.37. The van der Waals surface area contributed by atoms with Gasteiger partial charge in [0.1, 0.15) is 5.69 Å². The van der Waals surface area contributed by atoms with E-state index in [4.69, 9.17) is 5.10 Å². The summed E-state index contributed by atoms with van der Waals surface area (Å²) in [4.78, 5) is 20.4. The average molecular weight is 380 g/mol. The van der Waals surface area contributed by atoms with E-state index in [9.17, 15) is 9.90 Å². The maximum atomic E-state index is 11.4. The van der Waals surface area contributed by atoms with Crippen LogP contribution in [0, 0.1) is 6.92 Å². The molecular weight excluding hydrogens is 364 g/mol. The van der Waals surface area contributed by atoms with Crippen LogP contribution in [0.4, 0.5) is 0 Å². The van der Waals surface area contributed by atoms with Crippen molar-refractivity contribution < 1.29 is 9.90 Å². The molecule has 5 aromatic rings. The van der Waals surface area contributed by atoms with E-state index < -0.39 is 5.97 Å². The first-order chi connectivity index (χ1) is 14.1. The lowest BCUT2D eigenvalue weighted by Gasteiger charge is -2.08. The molecule has 0 aliphatic rings. The highest BCUT2D eigenvalue weighted by molar-refractivity contribution is 6.04. The Bertz CT molecular complexity index is 1400. The number of rotatable bonds is 3. The summed E-state index contributed by atoms with van der Waals surface area (Å²) in [5.74, 6) is -0.972. The van der Waals surface area contributed by atoms with Crippen LogP contribution in [0.15, 0.2) is 73.1 Å². The fourth-order valence-corrected chi connectivity index (χ4v) is 3.62. The van der Waals surface area contributed by atoms with E-state index in [0.717, 1.165) is 39.1 Å². The SMILES string of the molecule is Cc1cccc(-c2nn3ccccc3c2-c2ccnc3cc(C(=O)O)ccc23)n1. The van der Waals surface area contributed by atoms with Gasteiger partial charge in [0, 0.05) is 29.0 Å². The standard InChI is InChI=1S/C23H16N4O2/c1-14-5-4-6-18(25-14)22-21(20-7-2-3-12-27(20)26-22)17-10-11-24-19-13-15(23(28)29)8-9-16(17)19/h2-13H,1H3,(H,28,29). The van der Waals surface area contributed by atoms with Gasteiger partial charge < -0.3 is 5.11 Å². The summed E-state index contributed by atoms with van der Waals surface area (Å²) < 4.78 is 1.84. The van der Waals surface area contributed by atoms with Gasteiger partial charge in [0.05, 0.1) is 22.3 Å². The van der Waals surface area contributed by atoms with E-state index in [2.05, 4.69) is 9.97 Å². The van der Waals surface area contributed by atoms with Crippen LogP contribution < -0.4 is 0 Å². The van der Waals surface area contributed by atoms with Crippen molar-refractivity contribution in [2.24, 2.45) is 0 Å². The number of hydrogen-bond acceptors (Lipinski definition) is 4. The van der Waals surface area contributed by atoms with Gasteiger partial charge in [-0.05, 0) is 55.0 Å². The first kappa shape index (κ1) is 17.1. The number of nitrogens with zero attached hydrogens (tertiary/aromatic N) is 4. The summed E-state index contributed by atoms with van der Waals surface area (Å²) in [6, 6.07) is 18.7. The fraction of sp³-hybridized carbons (Fsp3) is 0.0435. The Labute approximate surface area is 166 Å². The zero-order valence-electron chi connectivity index (χ0n) is 15.6. The average Bonchev–Trinajstić information content (AvgIpc) is 3.12. The minimum Gasteiger partial charge on any atom is -0.478 e. The van der Waals surface area contributed by atoms with Crippen LogP contribution >= 0.6 is 0 Å². The van der Waals surface area contributed by atoms with E-state index in [0.29, 0.717) is 5.52 Å². The second-order valence-electron chi connectivity index (χ2n) is 6.81. The molecule has 4 aromatic heterocycles. The lowest BCUT2D eigenvalue weighted by Crippen LogP contribution is -1.96. The Balaban J connectivity index is 1.85. The Kier molecular flexibility index (Phi) is 3.84. The van der Waals surface area contributed by atoms with Crippen LogP contribution in [-0.2, 0) is 0 Å². The van der Waals surface area contributed by atoms with Crippen molar-refractivity contribution in [2.75, 3.05) is 0 Å². The van der Waals surface area contributed by atoms with E-state index in [1.165, 1.54) is 0 Å². The van der Waals surface area contributed by atoms with Crippen molar-refractivity contribution >= 4 is 22.4 Å². The minimum absolute atomic E-state index is 0.211. The first-order valence-electron chi connectivity index (χ1n) is 9.15. The molecule has 29 heavy (non-hydrogen) atoms. The third kappa shape index (κ3) is 2.82. The summed E-state index contributed by atoms with van der Waals surface area (Å²) in [5.41, 5.74) is 6.14. The monoisotopic (exact) mass is 380 g/mol. The zero-order valence-corrected chi connectivity index (χ0v) is 15.6. The van der Waals surface area contributed by atoms with Crippen molar-refractivity contribution in [3.63, 3.8) is 0 Å². The third-order valence-electron chi connectivity index (χ3n) is 4.93. The number of benzene rings is 1. The molecule has 0 saturated heterocycles. The van der Waals surface area contributed by atoms with Crippen LogP contribution in [0.1, 0.15) is 16.1 Å². The number of hydrogen-bond donors (Lipinski definition) is 1. The highest BCUT2D eigenvalue weighted by Gasteiger charge is 2.19. The molecule has 0 radical (unpaired) electrons. The Morgan fingerprint density at radius 2 is 1.93 bits per heavy atom. The minimum atomic E-state index is -0.972. The number of pyridine rings is 3. The van der Waals surface area contributed by atoms with E-state index in [1.807, 2.05) is 60.1 Å². The third-order valence-corrected chi connectivity index (χ3v) is 4.93. The Morgan fingerprint density at radius 1 is 1.03 bits per heavy atom. The van der Waals surface area contributed by atoms with Crippen LogP contribution in [-0.4, -0.2) is 30.7 Å². The first-order valence-corrected chi connectivity index (χ1v) is 9.15. The predicted molar refractivity (Wildman–Crippen MR) is 111 cm³/mol. The van der Waals surface area contributed by atoms with Gasteiger partial charge in [-0.2, -0.15) is 5.10 Å². The molecule has 0 atom stereocenters. The van der Waals surface area contributed by atoms with Gasteiger partial charge in [0.15, 0.2) is 0 Å². The number of fused-ring (bicyclic) bond motifs is 2. The molecule has 0 aliphatic carbocycles. The Morgan fingerprint density at radius 3 is 2.76 bits per heavy atom. The van der Waals surface area contributed by atoms with Gasteiger partial charge in [-0.15, -0.1) is 0 Å². The van der Waals surface area contributed by atoms with Gasteiger partial charge in [-0.1, -0.05) is 18.2 Å². The van der Waals surface area contributed by atoms with Crippen molar-refractivity contribution in [3.05, 3.63) is 84.3 Å². The molecule has 0 aliphatic heterocycles. The van der Waals surface area contributed by atoms with Crippen molar-refractivity contribution in [1.82, 2.24) is 19.6 Å². The maximum Gasteiger partial charge on any atom is 0.335 e. The van der Waals surface area contributed by atoms with Crippen LogP contribution in [0.3, 0.4) is 0 Å². The summed E-state index contributed by atoms with van der Waals surface area (Å²) >= 11 is 0. The molecule has 1 aromatic carbocycles. The number of aromatic nitrogens is 4. The number of aromatic carboxylic acids is 1. The number of carboxylic acids is 1. The molecule has 6 heteroatoms. The lowest BCUT2D eigenvalue weighted by atomic mass is 9.97. The van der Waals surface area contributed by atoms with E-state index in [1.54, 1.807) is 24.4 Å². The summed E-state index contributed by atoms with van der Waals surface area (Å²) in [6.45, 7) is 1.95. The van der Waals surface area contributed by atoms with E-state index >= 15 is 0 Å². The van der Waals surface area contributed by atoms with Gasteiger partial charge >= 0.3 is 5.97 Å². The summed E-state index contributed by atoms with van der Waals surface area (Å²) in [6.07, 6.45) is 3.60.